The first-order valence-electron chi connectivity index (χ1n) is 9.49. The summed E-state index contributed by atoms with van der Waals surface area (Å²) in [7, 11) is 0. The molecule has 3 rings (SSSR count). The van der Waals surface area contributed by atoms with Crippen molar-refractivity contribution in [2.75, 3.05) is 11.9 Å². The molecule has 0 radical (unpaired) electrons. The van der Waals surface area contributed by atoms with Crippen LogP contribution in [-0.2, 0) is 9.59 Å². The topological polar surface area (TPSA) is 49.4 Å². The van der Waals surface area contributed by atoms with E-state index in [1.54, 1.807) is 47.4 Å². The van der Waals surface area contributed by atoms with Crippen LogP contribution in [0.2, 0.25) is 5.02 Å². The van der Waals surface area contributed by atoms with Gasteiger partial charge in [0.05, 0.1) is 4.91 Å². The highest BCUT2D eigenvalue weighted by atomic mass is 35.5. The van der Waals surface area contributed by atoms with Crippen molar-refractivity contribution in [3.63, 3.8) is 0 Å². The molecule has 1 fully saturated rings. The number of carbonyl (C=O) groups excluding carboxylic acids is 2. The average molecular weight is 463 g/mol. The molecule has 2 aromatic rings. The van der Waals surface area contributed by atoms with Gasteiger partial charge in [-0.1, -0.05) is 54.1 Å². The van der Waals surface area contributed by atoms with Crippen molar-refractivity contribution in [3.05, 3.63) is 69.8 Å². The first-order chi connectivity index (χ1) is 14.4. The van der Waals surface area contributed by atoms with Gasteiger partial charge in [0.1, 0.15) is 10.1 Å². The van der Waals surface area contributed by atoms with Gasteiger partial charge in [0.25, 0.3) is 5.91 Å². The van der Waals surface area contributed by atoms with Gasteiger partial charge in [-0.2, -0.15) is 0 Å². The molecule has 0 aliphatic carbocycles. The lowest BCUT2D eigenvalue weighted by molar-refractivity contribution is -0.122. The van der Waals surface area contributed by atoms with Crippen molar-refractivity contribution in [1.29, 1.82) is 0 Å². The predicted octanol–water partition coefficient (Wildman–Crippen LogP) is 5.88. The zero-order chi connectivity index (χ0) is 21.5. The van der Waals surface area contributed by atoms with Gasteiger partial charge in [0.2, 0.25) is 5.91 Å². The van der Waals surface area contributed by atoms with Crippen molar-refractivity contribution in [2.24, 2.45) is 0 Å². The van der Waals surface area contributed by atoms with Crippen LogP contribution in [0.5, 0.6) is 0 Å². The standard InChI is InChI=1S/C22H20ClFN2O2S2/c23-16-7-11-18(12-8-16)25-20(27)4-2-1-3-13-26-21(28)19(30-22(26)29)14-15-5-9-17(24)10-6-15/h5-12,14H,1-4,13H2,(H,25,27)/b19-14-. The Balaban J connectivity index is 1.40. The zero-order valence-corrected chi connectivity index (χ0v) is 18.5. The maximum absolute atomic E-state index is 13.0. The Morgan fingerprint density at radius 1 is 1.10 bits per heavy atom. The summed E-state index contributed by atoms with van der Waals surface area (Å²) in [4.78, 5) is 26.7. The first kappa shape index (κ1) is 22.5. The molecule has 0 atom stereocenters. The molecule has 4 nitrogen and oxygen atoms in total. The average Bonchev–Trinajstić information content (AvgIpc) is 2.98. The highest BCUT2D eigenvalue weighted by Gasteiger charge is 2.31. The monoisotopic (exact) mass is 462 g/mol. The van der Waals surface area contributed by atoms with E-state index in [1.165, 1.54) is 23.9 Å². The number of nitrogens with one attached hydrogen (secondary N) is 1. The van der Waals surface area contributed by atoms with Gasteiger partial charge in [0.15, 0.2) is 0 Å². The molecule has 1 aliphatic rings. The van der Waals surface area contributed by atoms with Crippen LogP contribution in [-0.4, -0.2) is 27.6 Å². The molecule has 8 heteroatoms. The Labute approximate surface area is 189 Å². The molecule has 0 saturated carbocycles. The summed E-state index contributed by atoms with van der Waals surface area (Å²) >= 11 is 12.4. The van der Waals surface area contributed by atoms with Crippen LogP contribution in [0.4, 0.5) is 10.1 Å². The van der Waals surface area contributed by atoms with Gasteiger partial charge in [-0.25, -0.2) is 4.39 Å². The summed E-state index contributed by atoms with van der Waals surface area (Å²) in [6.07, 6.45) is 4.41. The quantitative estimate of drug-likeness (QED) is 0.302. The molecule has 0 unspecified atom stereocenters. The van der Waals surface area contributed by atoms with E-state index < -0.39 is 0 Å². The fraction of sp³-hybridized carbons (Fsp3) is 0.227. The number of hydrogen-bond acceptors (Lipinski definition) is 4. The van der Waals surface area contributed by atoms with Crippen molar-refractivity contribution >= 4 is 63.5 Å². The first-order valence-corrected chi connectivity index (χ1v) is 11.1. The molecule has 1 N–H and O–H groups in total. The van der Waals surface area contributed by atoms with Crippen LogP contribution < -0.4 is 5.32 Å². The van der Waals surface area contributed by atoms with E-state index in [0.717, 1.165) is 30.5 Å². The summed E-state index contributed by atoms with van der Waals surface area (Å²) in [5.41, 5.74) is 1.47. The minimum Gasteiger partial charge on any atom is -0.326 e. The number of thiocarbonyl (C=S) groups is 1. The molecule has 1 aliphatic heterocycles. The largest absolute Gasteiger partial charge is 0.326 e. The van der Waals surface area contributed by atoms with E-state index in [1.807, 2.05) is 0 Å². The van der Waals surface area contributed by atoms with E-state index in [-0.39, 0.29) is 17.6 Å². The van der Waals surface area contributed by atoms with E-state index in [0.29, 0.717) is 27.2 Å². The third-order valence-electron chi connectivity index (χ3n) is 4.45. The Kier molecular flexibility index (Phi) is 8.01. The Morgan fingerprint density at radius 2 is 1.80 bits per heavy atom. The molecule has 1 heterocycles. The van der Waals surface area contributed by atoms with Crippen LogP contribution in [0.15, 0.2) is 53.4 Å². The number of anilines is 1. The Bertz CT molecular complexity index is 962. The van der Waals surface area contributed by atoms with Gasteiger partial charge in [0, 0.05) is 23.7 Å². The second kappa shape index (κ2) is 10.7. The van der Waals surface area contributed by atoms with Crippen LogP contribution >= 0.6 is 35.6 Å². The molecule has 2 amide bonds. The summed E-state index contributed by atoms with van der Waals surface area (Å²) < 4.78 is 13.5. The molecule has 1 saturated heterocycles. The molecular weight excluding hydrogens is 443 g/mol. The number of halogens is 2. The fourth-order valence-corrected chi connectivity index (χ4v) is 4.33. The van der Waals surface area contributed by atoms with Gasteiger partial charge >= 0.3 is 0 Å². The number of amides is 2. The Hall–Kier alpha value is -2.22. The van der Waals surface area contributed by atoms with E-state index in [9.17, 15) is 14.0 Å². The van der Waals surface area contributed by atoms with Gasteiger partial charge in [-0.15, -0.1) is 0 Å². The van der Waals surface area contributed by atoms with Crippen LogP contribution in [0.3, 0.4) is 0 Å². The van der Waals surface area contributed by atoms with Crippen LogP contribution in [0, 0.1) is 5.82 Å². The smallest absolute Gasteiger partial charge is 0.266 e. The lowest BCUT2D eigenvalue weighted by Crippen LogP contribution is -2.29. The normalized spacial score (nSPS) is 15.1. The van der Waals surface area contributed by atoms with E-state index >= 15 is 0 Å². The molecule has 156 valence electrons. The number of carbonyl (C=O) groups is 2. The molecule has 0 bridgehead atoms. The number of thioether (sulfide) groups is 1. The van der Waals surface area contributed by atoms with Gasteiger partial charge < -0.3 is 5.32 Å². The van der Waals surface area contributed by atoms with Crippen molar-refractivity contribution in [3.8, 4) is 0 Å². The minimum atomic E-state index is -0.318. The number of rotatable bonds is 8. The van der Waals surface area contributed by atoms with Gasteiger partial charge in [-0.3, -0.25) is 14.5 Å². The van der Waals surface area contributed by atoms with Crippen LogP contribution in [0.1, 0.15) is 31.2 Å². The second-order valence-corrected chi connectivity index (χ2v) is 8.86. The van der Waals surface area contributed by atoms with E-state index in [4.69, 9.17) is 23.8 Å². The highest BCUT2D eigenvalue weighted by Crippen LogP contribution is 2.32. The lowest BCUT2D eigenvalue weighted by atomic mass is 10.1. The second-order valence-electron chi connectivity index (χ2n) is 6.75. The number of unbranched alkanes of at least 4 members (excludes halogenated alkanes) is 2. The predicted molar refractivity (Wildman–Crippen MR) is 125 cm³/mol. The minimum absolute atomic E-state index is 0.0508. The van der Waals surface area contributed by atoms with Crippen molar-refractivity contribution < 1.29 is 14.0 Å². The molecular formula is C22H20ClFN2O2S2. The fourth-order valence-electron chi connectivity index (χ4n) is 2.89. The van der Waals surface area contributed by atoms with Crippen molar-refractivity contribution in [2.45, 2.75) is 25.7 Å². The van der Waals surface area contributed by atoms with Crippen LogP contribution in [0.25, 0.3) is 6.08 Å². The summed E-state index contributed by atoms with van der Waals surface area (Å²) in [5, 5.41) is 3.45. The number of benzene rings is 2. The summed E-state index contributed by atoms with van der Waals surface area (Å²) in [6, 6.07) is 12.9. The number of hydrogen-bond donors (Lipinski definition) is 1. The van der Waals surface area contributed by atoms with E-state index in [2.05, 4.69) is 5.32 Å². The van der Waals surface area contributed by atoms with Crippen molar-refractivity contribution in [1.82, 2.24) is 4.90 Å². The van der Waals surface area contributed by atoms with Gasteiger partial charge in [-0.05, 0) is 60.9 Å². The third kappa shape index (κ3) is 6.39. The molecule has 0 aromatic heterocycles. The third-order valence-corrected chi connectivity index (χ3v) is 6.08. The lowest BCUT2D eigenvalue weighted by Gasteiger charge is -2.14. The summed E-state index contributed by atoms with van der Waals surface area (Å²) in [6.45, 7) is 0.518. The maximum atomic E-state index is 13.0. The molecule has 30 heavy (non-hydrogen) atoms. The highest BCUT2D eigenvalue weighted by molar-refractivity contribution is 8.26. The zero-order valence-electron chi connectivity index (χ0n) is 16.1. The SMILES string of the molecule is O=C(CCCCCN1C(=O)/C(=C/c2ccc(F)cc2)SC1=S)Nc1ccc(Cl)cc1. The Morgan fingerprint density at radius 3 is 2.50 bits per heavy atom. The summed E-state index contributed by atoms with van der Waals surface area (Å²) in [5.74, 6) is -0.499. The maximum Gasteiger partial charge on any atom is 0.266 e. The molecule has 2 aromatic carbocycles. The number of nitrogens with zero attached hydrogens (tertiary/aromatic N) is 1. The molecule has 0 spiro atoms.